The number of carbonyl (C=O) groups excluding carboxylic acids is 3. The summed E-state index contributed by atoms with van der Waals surface area (Å²) in [6.45, 7) is 54.3. The zero-order valence-corrected chi connectivity index (χ0v) is 48.6. The smallest absolute Gasteiger partial charge is 0.428 e. The molecular weight excluding hydrogens is 879 g/mol. The Morgan fingerprint density at radius 2 is 0.586 bits per heavy atom. The fourth-order valence-corrected chi connectivity index (χ4v) is 8.19. The van der Waals surface area contributed by atoms with Crippen LogP contribution in [0.2, 0.25) is 0 Å². The Morgan fingerprint density at radius 1 is 0.371 bits per heavy atom. The topological polar surface area (TPSA) is 133 Å². The number of hydrogen-bond donors (Lipinski definition) is 1. The Labute approximate surface area is 423 Å². The van der Waals surface area contributed by atoms with E-state index in [1.165, 1.54) is 0 Å². The van der Waals surface area contributed by atoms with Crippen LogP contribution in [0.4, 0.5) is 14.4 Å². The van der Waals surface area contributed by atoms with E-state index < -0.39 is 79.7 Å². The second kappa shape index (κ2) is 20.1. The van der Waals surface area contributed by atoms with Gasteiger partial charge in [0.15, 0.2) is 0 Å². The zero-order chi connectivity index (χ0) is 54.5. The first-order chi connectivity index (χ1) is 31.0. The van der Waals surface area contributed by atoms with E-state index in [1.807, 2.05) is 62.3 Å². The van der Waals surface area contributed by atoms with E-state index in [-0.39, 0.29) is 0 Å². The second-order valence-corrected chi connectivity index (χ2v) is 28.4. The molecule has 0 bridgehead atoms. The molecule has 0 radical (unpaired) electrons. The highest BCUT2D eigenvalue weighted by atomic mass is 16.7. The first kappa shape index (κ1) is 59.7. The average Bonchev–Trinajstić information content (AvgIpc) is 3.08. The standard InChI is InChI=1S/C60H93NO9/c1-52(2,3)39-29-35(30-40(53(4,5)6)46(39)65-49(62)68-58(19,20)21)28-38(36-31-41(54(7,8)9)47(42(32-36)55(10,11)12)66-50(63)69-59(22,23)24)45(61)37-33-43(56(13,14)15)48(44(34-37)57(16,17)18)67-51(64)70-60(25,26)27/h29-34,38,45H,28,61H2,1-27H3. The molecule has 70 heavy (non-hydrogen) atoms. The minimum absolute atomic E-state index is 0.394. The fraction of sp³-hybridized carbons (Fsp3) is 0.650. The number of hydrogen-bond acceptors (Lipinski definition) is 10. The molecule has 0 aliphatic rings. The summed E-state index contributed by atoms with van der Waals surface area (Å²) >= 11 is 0. The van der Waals surface area contributed by atoms with Crippen molar-refractivity contribution in [2.24, 2.45) is 5.73 Å². The van der Waals surface area contributed by atoms with Gasteiger partial charge < -0.3 is 34.2 Å². The maximum atomic E-state index is 13.6. The molecule has 3 rings (SSSR count). The highest BCUT2D eigenvalue weighted by Crippen LogP contribution is 2.49. The minimum atomic E-state index is -0.778. The van der Waals surface area contributed by atoms with Gasteiger partial charge in [-0.15, -0.1) is 0 Å². The quantitative estimate of drug-likeness (QED) is 0.132. The molecule has 2 atom stereocenters. The summed E-state index contributed by atoms with van der Waals surface area (Å²) in [6, 6.07) is 12.1. The van der Waals surface area contributed by atoms with Crippen molar-refractivity contribution in [1.82, 2.24) is 0 Å². The zero-order valence-electron chi connectivity index (χ0n) is 48.6. The van der Waals surface area contributed by atoms with E-state index in [9.17, 15) is 14.4 Å². The Balaban J connectivity index is 2.65. The number of carbonyl (C=O) groups is 3. The van der Waals surface area contributed by atoms with Gasteiger partial charge in [0.2, 0.25) is 0 Å². The second-order valence-electron chi connectivity index (χ2n) is 28.4. The molecular formula is C60H93NO9. The van der Waals surface area contributed by atoms with E-state index >= 15 is 0 Å². The van der Waals surface area contributed by atoms with E-state index in [4.69, 9.17) is 34.2 Å². The van der Waals surface area contributed by atoms with Crippen LogP contribution in [-0.2, 0) is 53.1 Å². The van der Waals surface area contributed by atoms with Crippen LogP contribution < -0.4 is 19.9 Å². The number of ether oxygens (including phenoxy) is 6. The molecule has 2 N–H and O–H groups in total. The lowest BCUT2D eigenvalue weighted by molar-refractivity contribution is 0.0185. The van der Waals surface area contributed by atoms with Gasteiger partial charge in [0.25, 0.3) is 0 Å². The van der Waals surface area contributed by atoms with Gasteiger partial charge in [-0.3, -0.25) is 0 Å². The average molecular weight is 972 g/mol. The summed E-state index contributed by atoms with van der Waals surface area (Å²) in [5.41, 5.74) is 10.5. The Kier molecular flexibility index (Phi) is 17.2. The molecule has 0 spiro atoms. The highest BCUT2D eigenvalue weighted by Gasteiger charge is 2.38. The van der Waals surface area contributed by atoms with Gasteiger partial charge in [-0.05, 0) is 130 Å². The van der Waals surface area contributed by atoms with Crippen molar-refractivity contribution in [2.75, 3.05) is 0 Å². The molecule has 3 aromatic carbocycles. The third kappa shape index (κ3) is 16.5. The molecule has 0 aliphatic carbocycles. The van der Waals surface area contributed by atoms with Crippen molar-refractivity contribution in [3.8, 4) is 17.2 Å². The van der Waals surface area contributed by atoms with Crippen LogP contribution >= 0.6 is 0 Å². The fourth-order valence-electron chi connectivity index (χ4n) is 8.19. The number of nitrogens with two attached hydrogens (primary N) is 1. The predicted octanol–water partition coefficient (Wildman–Crippen LogP) is 16.4. The van der Waals surface area contributed by atoms with Crippen molar-refractivity contribution in [3.63, 3.8) is 0 Å². The maximum absolute atomic E-state index is 13.6. The molecule has 0 fully saturated rings. The van der Waals surface area contributed by atoms with E-state index in [1.54, 1.807) is 0 Å². The molecule has 3 aromatic rings. The summed E-state index contributed by atoms with van der Waals surface area (Å²) < 4.78 is 35.9. The van der Waals surface area contributed by atoms with Crippen LogP contribution in [0.3, 0.4) is 0 Å². The van der Waals surface area contributed by atoms with Crippen LogP contribution in [0.25, 0.3) is 0 Å². The lowest BCUT2D eigenvalue weighted by Gasteiger charge is -2.35. The largest absolute Gasteiger partial charge is 0.514 e. The van der Waals surface area contributed by atoms with E-state index in [0.717, 1.165) is 50.1 Å². The molecule has 0 amide bonds. The molecule has 0 heterocycles. The Hall–Kier alpha value is -4.57. The summed E-state index contributed by atoms with van der Waals surface area (Å²) in [5.74, 6) is 1.01. The van der Waals surface area contributed by atoms with Crippen molar-refractivity contribution >= 4 is 18.5 Å². The van der Waals surface area contributed by atoms with Gasteiger partial charge in [-0.2, -0.15) is 0 Å². The summed E-state index contributed by atoms with van der Waals surface area (Å²) in [7, 11) is 0. The van der Waals surface area contributed by atoms with E-state index in [2.05, 4.69) is 161 Å². The van der Waals surface area contributed by atoms with Gasteiger partial charge >= 0.3 is 18.5 Å². The monoisotopic (exact) mass is 972 g/mol. The van der Waals surface area contributed by atoms with Crippen molar-refractivity contribution < 1.29 is 42.8 Å². The number of benzene rings is 3. The number of rotatable bonds is 8. The third-order valence-corrected chi connectivity index (χ3v) is 11.6. The Bertz CT molecular complexity index is 2270. The Morgan fingerprint density at radius 3 is 0.800 bits per heavy atom. The predicted molar refractivity (Wildman–Crippen MR) is 285 cm³/mol. The molecule has 10 heteroatoms. The first-order valence-electron chi connectivity index (χ1n) is 25.0. The molecule has 392 valence electrons. The van der Waals surface area contributed by atoms with Crippen LogP contribution in [0, 0.1) is 0 Å². The first-order valence-corrected chi connectivity index (χ1v) is 25.0. The van der Waals surface area contributed by atoms with Gasteiger partial charge in [0.05, 0.1) is 0 Å². The van der Waals surface area contributed by atoms with Crippen LogP contribution in [0.1, 0.15) is 249 Å². The van der Waals surface area contributed by atoms with Crippen LogP contribution in [0.5, 0.6) is 17.2 Å². The lowest BCUT2D eigenvalue weighted by Crippen LogP contribution is -2.30. The van der Waals surface area contributed by atoms with Gasteiger partial charge in [0, 0.05) is 45.3 Å². The third-order valence-electron chi connectivity index (χ3n) is 11.6. The summed E-state index contributed by atoms with van der Waals surface area (Å²) in [5, 5.41) is 0. The van der Waals surface area contributed by atoms with Crippen molar-refractivity contribution in [2.45, 2.75) is 255 Å². The molecule has 0 aliphatic heterocycles. The molecule has 2 unspecified atom stereocenters. The molecule has 0 saturated heterocycles. The molecule has 0 aromatic heterocycles. The van der Waals surface area contributed by atoms with Gasteiger partial charge in [-0.25, -0.2) is 14.4 Å². The van der Waals surface area contributed by atoms with Crippen molar-refractivity contribution in [3.05, 3.63) is 86.5 Å². The van der Waals surface area contributed by atoms with Crippen molar-refractivity contribution in [1.29, 1.82) is 0 Å². The highest BCUT2D eigenvalue weighted by molar-refractivity contribution is 5.70. The molecule has 0 saturated carbocycles. The van der Waals surface area contributed by atoms with Crippen LogP contribution in [0.15, 0.2) is 36.4 Å². The normalized spacial score (nSPS) is 14.4. The maximum Gasteiger partial charge on any atom is 0.514 e. The molecule has 10 nitrogen and oxygen atoms in total. The summed E-state index contributed by atoms with van der Waals surface area (Å²) in [4.78, 5) is 40.5. The summed E-state index contributed by atoms with van der Waals surface area (Å²) in [6.07, 6.45) is -1.86. The minimum Gasteiger partial charge on any atom is -0.428 e. The van der Waals surface area contributed by atoms with Gasteiger partial charge in [0.1, 0.15) is 34.1 Å². The van der Waals surface area contributed by atoms with Crippen LogP contribution in [-0.4, -0.2) is 35.3 Å². The van der Waals surface area contributed by atoms with E-state index in [0.29, 0.717) is 23.7 Å². The lowest BCUT2D eigenvalue weighted by atomic mass is 9.72. The van der Waals surface area contributed by atoms with Gasteiger partial charge in [-0.1, -0.05) is 149 Å². The SMILES string of the molecule is CC(C)(C)OC(=O)Oc1c(C(C)(C)C)cc(CC(c2cc(C(C)(C)C)c(OC(=O)OC(C)(C)C)c(C(C)(C)C)c2)C(N)c2cc(C(C)(C)C)c(OC(=O)OC(C)(C)C)c(C(C)(C)C)c2)cc1C(C)(C)C.